The van der Waals surface area contributed by atoms with E-state index in [0.717, 1.165) is 12.5 Å². The first-order chi connectivity index (χ1) is 9.04. The number of benzene rings is 1. The Balaban J connectivity index is 2.65. The summed E-state index contributed by atoms with van der Waals surface area (Å²) in [5.74, 6) is -1.24. The summed E-state index contributed by atoms with van der Waals surface area (Å²) in [5, 5.41) is 28.6. The van der Waals surface area contributed by atoms with Gasteiger partial charge in [-0.05, 0) is 12.1 Å². The van der Waals surface area contributed by atoms with Crippen LogP contribution in [0.5, 0.6) is 0 Å². The smallest absolute Gasteiger partial charge is 0.356 e. The fourth-order valence-corrected chi connectivity index (χ4v) is 1.59. The van der Waals surface area contributed by atoms with Crippen LogP contribution in [0.1, 0.15) is 16.1 Å². The van der Waals surface area contributed by atoms with Gasteiger partial charge in [-0.25, -0.2) is 9.78 Å². The van der Waals surface area contributed by atoms with Gasteiger partial charge in [-0.2, -0.15) is 5.26 Å². The van der Waals surface area contributed by atoms with Gasteiger partial charge in [-0.1, -0.05) is 6.07 Å². The molecular weight excluding hydrogens is 252 g/mol. The second-order valence-electron chi connectivity index (χ2n) is 3.51. The van der Waals surface area contributed by atoms with Crippen LogP contribution in [-0.4, -0.2) is 25.6 Å². The minimum atomic E-state index is -1.24. The number of nitriles is 1. The number of carbonyl (C=O) groups is 1. The third kappa shape index (κ3) is 2.12. The first kappa shape index (κ1) is 12.3. The Morgan fingerprint density at radius 3 is 2.79 bits per heavy atom. The van der Waals surface area contributed by atoms with Crippen molar-refractivity contribution >= 4 is 11.7 Å². The molecule has 0 atom stereocenters. The Labute approximate surface area is 106 Å². The highest BCUT2D eigenvalue weighted by Crippen LogP contribution is 2.26. The van der Waals surface area contributed by atoms with E-state index in [2.05, 4.69) is 4.98 Å². The summed E-state index contributed by atoms with van der Waals surface area (Å²) < 4.78 is 1.20. The molecule has 0 bridgehead atoms. The van der Waals surface area contributed by atoms with Gasteiger partial charge < -0.3 is 5.11 Å². The number of carboxylic acids is 1. The molecule has 0 aliphatic rings. The molecule has 0 aliphatic heterocycles. The molecule has 1 aromatic carbocycles. The molecule has 0 saturated heterocycles. The van der Waals surface area contributed by atoms with E-state index in [1.807, 2.05) is 0 Å². The van der Waals surface area contributed by atoms with Crippen LogP contribution in [0, 0.1) is 21.4 Å². The lowest BCUT2D eigenvalue weighted by molar-refractivity contribution is -0.384. The maximum Gasteiger partial charge on any atom is 0.356 e. The number of aromatic nitrogens is 2. The SMILES string of the molecule is N#Cc1cccc(-n2cnc(C(=O)O)c2)c1[N+](=O)[O-]. The van der Waals surface area contributed by atoms with E-state index < -0.39 is 10.9 Å². The zero-order valence-electron chi connectivity index (χ0n) is 9.35. The molecule has 2 aromatic rings. The van der Waals surface area contributed by atoms with E-state index in [0.29, 0.717) is 0 Å². The lowest BCUT2D eigenvalue weighted by Gasteiger charge is -2.03. The molecule has 0 fully saturated rings. The Bertz CT molecular complexity index is 714. The monoisotopic (exact) mass is 258 g/mol. The van der Waals surface area contributed by atoms with Crippen molar-refractivity contribution in [2.75, 3.05) is 0 Å². The van der Waals surface area contributed by atoms with Crippen molar-refractivity contribution in [3.05, 3.63) is 52.1 Å². The van der Waals surface area contributed by atoms with Gasteiger partial charge in [0.1, 0.15) is 23.6 Å². The van der Waals surface area contributed by atoms with Crippen LogP contribution in [0.3, 0.4) is 0 Å². The molecule has 0 unspecified atom stereocenters. The van der Waals surface area contributed by atoms with Crippen molar-refractivity contribution in [1.29, 1.82) is 5.26 Å². The summed E-state index contributed by atoms with van der Waals surface area (Å²) in [4.78, 5) is 24.7. The van der Waals surface area contributed by atoms with E-state index in [1.54, 1.807) is 6.07 Å². The highest BCUT2D eigenvalue weighted by atomic mass is 16.6. The number of nitro benzene ring substituents is 1. The van der Waals surface area contributed by atoms with Crippen LogP contribution in [0.2, 0.25) is 0 Å². The number of para-hydroxylation sites is 1. The van der Waals surface area contributed by atoms with Gasteiger partial charge in [0, 0.05) is 6.20 Å². The molecule has 0 saturated carbocycles. The van der Waals surface area contributed by atoms with Crippen LogP contribution < -0.4 is 0 Å². The average molecular weight is 258 g/mol. The first-order valence-electron chi connectivity index (χ1n) is 4.99. The van der Waals surface area contributed by atoms with Crippen molar-refractivity contribution in [3.63, 3.8) is 0 Å². The van der Waals surface area contributed by atoms with Crippen LogP contribution in [0.15, 0.2) is 30.7 Å². The van der Waals surface area contributed by atoms with E-state index >= 15 is 0 Å². The van der Waals surface area contributed by atoms with Crippen LogP contribution in [0.25, 0.3) is 5.69 Å². The summed E-state index contributed by atoms with van der Waals surface area (Å²) in [6.07, 6.45) is 2.29. The first-order valence-corrected chi connectivity index (χ1v) is 4.99. The van der Waals surface area contributed by atoms with Crippen molar-refractivity contribution in [3.8, 4) is 11.8 Å². The molecule has 1 N–H and O–H groups in total. The average Bonchev–Trinajstić information content (AvgIpc) is 2.87. The van der Waals surface area contributed by atoms with Gasteiger partial charge in [-0.3, -0.25) is 14.7 Å². The molecule has 94 valence electrons. The van der Waals surface area contributed by atoms with Crippen molar-refractivity contribution in [2.45, 2.75) is 0 Å². The lowest BCUT2D eigenvalue weighted by atomic mass is 10.1. The number of hydrogen-bond donors (Lipinski definition) is 1. The molecular formula is C11H6N4O4. The lowest BCUT2D eigenvalue weighted by Crippen LogP contribution is -2.01. The van der Waals surface area contributed by atoms with Crippen molar-refractivity contribution in [1.82, 2.24) is 9.55 Å². The van der Waals surface area contributed by atoms with E-state index in [1.165, 1.54) is 22.8 Å². The minimum Gasteiger partial charge on any atom is -0.476 e. The van der Waals surface area contributed by atoms with E-state index in [-0.39, 0.29) is 22.6 Å². The highest BCUT2D eigenvalue weighted by Gasteiger charge is 2.21. The third-order valence-electron chi connectivity index (χ3n) is 2.40. The topological polar surface area (TPSA) is 122 Å². The number of rotatable bonds is 3. The molecule has 8 nitrogen and oxygen atoms in total. The quantitative estimate of drug-likeness (QED) is 0.654. The zero-order chi connectivity index (χ0) is 14.0. The fourth-order valence-electron chi connectivity index (χ4n) is 1.59. The van der Waals surface area contributed by atoms with E-state index in [4.69, 9.17) is 10.4 Å². The molecule has 1 heterocycles. The molecule has 0 aliphatic carbocycles. The number of carboxylic acid groups (broad SMARTS) is 1. The van der Waals surface area contributed by atoms with Gasteiger partial charge in [0.2, 0.25) is 0 Å². The molecule has 0 spiro atoms. The molecule has 19 heavy (non-hydrogen) atoms. The molecule has 2 rings (SSSR count). The fraction of sp³-hybridized carbons (Fsp3) is 0. The third-order valence-corrected chi connectivity index (χ3v) is 2.40. The van der Waals surface area contributed by atoms with Crippen molar-refractivity contribution in [2.24, 2.45) is 0 Å². The maximum atomic E-state index is 11.0. The Morgan fingerprint density at radius 2 is 2.26 bits per heavy atom. The van der Waals surface area contributed by atoms with Gasteiger partial charge in [0.25, 0.3) is 0 Å². The van der Waals surface area contributed by atoms with Crippen LogP contribution in [-0.2, 0) is 0 Å². The Morgan fingerprint density at radius 1 is 1.53 bits per heavy atom. The zero-order valence-corrected chi connectivity index (χ0v) is 9.35. The molecule has 1 aromatic heterocycles. The predicted octanol–water partition coefficient (Wildman–Crippen LogP) is 1.35. The number of hydrogen-bond acceptors (Lipinski definition) is 5. The van der Waals surface area contributed by atoms with Gasteiger partial charge >= 0.3 is 11.7 Å². The largest absolute Gasteiger partial charge is 0.476 e. The normalized spacial score (nSPS) is 9.84. The standard InChI is InChI=1S/C11H6N4O4/c12-4-7-2-1-3-9(10(7)15(18)19)14-5-8(11(16)17)13-6-14/h1-3,5-6H,(H,16,17). The highest BCUT2D eigenvalue weighted by molar-refractivity contribution is 5.85. The molecule has 0 radical (unpaired) electrons. The summed E-state index contributed by atoms with van der Waals surface area (Å²) in [6.45, 7) is 0. The molecule has 0 amide bonds. The van der Waals surface area contributed by atoms with Gasteiger partial charge in [-0.15, -0.1) is 0 Å². The Hall–Kier alpha value is -3.21. The maximum absolute atomic E-state index is 11.0. The summed E-state index contributed by atoms with van der Waals surface area (Å²) in [6, 6.07) is 5.92. The Kier molecular flexibility index (Phi) is 2.95. The number of nitrogens with zero attached hydrogens (tertiary/aromatic N) is 4. The van der Waals surface area contributed by atoms with Crippen LogP contribution in [0.4, 0.5) is 5.69 Å². The number of imidazole rings is 1. The second kappa shape index (κ2) is 4.58. The van der Waals surface area contributed by atoms with Crippen molar-refractivity contribution < 1.29 is 14.8 Å². The second-order valence-corrected chi connectivity index (χ2v) is 3.51. The summed E-state index contributed by atoms with van der Waals surface area (Å²) in [5.41, 5.74) is -0.645. The van der Waals surface area contributed by atoms with Gasteiger partial charge in [0.05, 0.1) is 4.92 Å². The number of aromatic carboxylic acids is 1. The number of nitro groups is 1. The molecule has 8 heteroatoms. The summed E-state index contributed by atoms with van der Waals surface area (Å²) in [7, 11) is 0. The minimum absolute atomic E-state index is 0.0871. The predicted molar refractivity (Wildman–Crippen MR) is 61.9 cm³/mol. The van der Waals surface area contributed by atoms with Crippen LogP contribution >= 0.6 is 0 Å². The summed E-state index contributed by atoms with van der Waals surface area (Å²) >= 11 is 0. The van der Waals surface area contributed by atoms with E-state index in [9.17, 15) is 14.9 Å². The van der Waals surface area contributed by atoms with Gasteiger partial charge in [0.15, 0.2) is 5.69 Å².